The van der Waals surface area contributed by atoms with Crippen molar-refractivity contribution in [3.63, 3.8) is 0 Å². The third-order valence-electron chi connectivity index (χ3n) is 9.48. The lowest BCUT2D eigenvalue weighted by Crippen LogP contribution is -2.82. The monoisotopic (exact) mass is 380 g/mol. The van der Waals surface area contributed by atoms with E-state index in [1.54, 1.807) is 4.90 Å². The third kappa shape index (κ3) is 1.16. The van der Waals surface area contributed by atoms with Crippen LogP contribution in [0.5, 0.6) is 0 Å². The maximum Gasteiger partial charge on any atom is 0.414 e. The number of fused-ring (bicyclic) bond motifs is 2. The van der Waals surface area contributed by atoms with Crippen molar-refractivity contribution in [1.29, 1.82) is 0 Å². The molecule has 4 bridgehead atoms. The summed E-state index contributed by atoms with van der Waals surface area (Å²) in [6, 6.07) is 8.22. The van der Waals surface area contributed by atoms with Gasteiger partial charge in [-0.15, -0.1) is 0 Å². The van der Waals surface area contributed by atoms with E-state index in [1.807, 2.05) is 18.2 Å². The summed E-state index contributed by atoms with van der Waals surface area (Å²) in [6.07, 6.45) is 3.84. The maximum atomic E-state index is 13.8. The fourth-order valence-corrected chi connectivity index (χ4v) is 9.19. The van der Waals surface area contributed by atoms with Crippen LogP contribution < -0.4 is 4.90 Å². The first kappa shape index (κ1) is 15.9. The van der Waals surface area contributed by atoms with Gasteiger partial charge in [0.2, 0.25) is 0 Å². The maximum absolute atomic E-state index is 13.8. The quantitative estimate of drug-likeness (QED) is 0.744. The van der Waals surface area contributed by atoms with E-state index >= 15 is 0 Å². The van der Waals surface area contributed by atoms with Crippen molar-refractivity contribution < 1.29 is 19.4 Å². The first-order valence-electron chi connectivity index (χ1n) is 10.5. The van der Waals surface area contributed by atoms with Gasteiger partial charge in [-0.1, -0.05) is 18.2 Å². The number of ether oxygens (including phenoxy) is 1. The highest BCUT2D eigenvalue weighted by Gasteiger charge is 2.93. The van der Waals surface area contributed by atoms with E-state index in [9.17, 15) is 14.7 Å². The fourth-order valence-electron chi connectivity index (χ4n) is 9.19. The van der Waals surface area contributed by atoms with Crippen LogP contribution in [0.4, 0.5) is 10.5 Å². The molecule has 6 fully saturated rings. The van der Waals surface area contributed by atoms with Crippen LogP contribution in [-0.4, -0.2) is 59.3 Å². The summed E-state index contributed by atoms with van der Waals surface area (Å²) in [6.45, 7) is 1.71. The minimum absolute atomic E-state index is 0.0328. The minimum Gasteiger partial charge on any atom is -0.452 e. The van der Waals surface area contributed by atoms with Gasteiger partial charge in [-0.25, -0.2) is 4.79 Å². The molecule has 6 heteroatoms. The first-order chi connectivity index (χ1) is 13.5. The van der Waals surface area contributed by atoms with E-state index in [4.69, 9.17) is 4.74 Å². The van der Waals surface area contributed by atoms with E-state index < -0.39 is 22.6 Å². The van der Waals surface area contributed by atoms with Gasteiger partial charge in [0.05, 0.1) is 23.8 Å². The molecule has 6 atom stereocenters. The topological polar surface area (TPSA) is 70.1 Å². The minimum atomic E-state index is -1.48. The Balaban J connectivity index is 1.65. The molecule has 1 aromatic carbocycles. The zero-order chi connectivity index (χ0) is 19.1. The van der Waals surface area contributed by atoms with E-state index in [-0.39, 0.29) is 23.2 Å². The van der Waals surface area contributed by atoms with Crippen molar-refractivity contribution in [2.24, 2.45) is 11.3 Å². The van der Waals surface area contributed by atoms with Gasteiger partial charge in [0.1, 0.15) is 5.60 Å². The summed E-state index contributed by atoms with van der Waals surface area (Å²) in [4.78, 5) is 31.1. The molecular formula is C22H24N2O4. The fraction of sp³-hybridized carbons (Fsp3) is 0.636. The van der Waals surface area contributed by atoms with Gasteiger partial charge in [0.15, 0.2) is 5.78 Å². The largest absolute Gasteiger partial charge is 0.452 e. The standard InChI is InChI=1S/C22H24N2O4/c1-28-18(26)24-15-6-3-2-5-13(15)22-14-11-23-10-4-7-19(17(22)23)8-9-21(22,24)20(27,12-19)16(14)25/h2-3,5-6,14,17,27H,4,7-12H2,1H3/t14-,17+,19+,20-,21-,22+/m0/s1. The van der Waals surface area contributed by atoms with Gasteiger partial charge >= 0.3 is 6.09 Å². The van der Waals surface area contributed by atoms with Crippen LogP contribution in [0.25, 0.3) is 0 Å². The number of Topliss-reactive ketones (excluding diaryl/α,β-unsaturated/α-hetero) is 1. The molecular weight excluding hydrogens is 356 g/mol. The lowest BCUT2D eigenvalue weighted by Gasteiger charge is -2.69. The number of methoxy groups -OCH3 is 1. The summed E-state index contributed by atoms with van der Waals surface area (Å²) in [5.41, 5.74) is -1.04. The SMILES string of the molecule is COC(=O)N1c2ccccc2[C@@]23[C@@H]4N5CCC[C@]46CC[C@@]12[C@](O)(C6)C(=O)[C@@H]3C5. The van der Waals surface area contributed by atoms with Gasteiger partial charge in [-0.3, -0.25) is 14.6 Å². The molecule has 146 valence electrons. The number of ketones is 1. The number of rotatable bonds is 0. The molecule has 2 saturated heterocycles. The molecule has 1 amide bonds. The number of carbonyl (C=O) groups excluding carboxylic acids is 2. The number of carbonyl (C=O) groups is 2. The molecule has 28 heavy (non-hydrogen) atoms. The summed E-state index contributed by atoms with van der Waals surface area (Å²) >= 11 is 0. The van der Waals surface area contributed by atoms with Crippen LogP contribution in [0, 0.1) is 11.3 Å². The van der Waals surface area contributed by atoms with Gasteiger partial charge in [0, 0.05) is 18.5 Å². The van der Waals surface area contributed by atoms with Crippen molar-refractivity contribution in [2.75, 3.05) is 25.1 Å². The molecule has 3 heterocycles. The second-order valence-corrected chi connectivity index (χ2v) is 9.87. The van der Waals surface area contributed by atoms with Crippen LogP contribution in [0.2, 0.25) is 0 Å². The Morgan fingerprint density at radius 2 is 2.07 bits per heavy atom. The van der Waals surface area contributed by atoms with Crippen LogP contribution in [0.15, 0.2) is 24.3 Å². The van der Waals surface area contributed by atoms with Crippen molar-refractivity contribution in [1.82, 2.24) is 4.90 Å². The lowest BCUT2D eigenvalue weighted by molar-refractivity contribution is -0.194. The molecule has 0 aromatic heterocycles. The summed E-state index contributed by atoms with van der Waals surface area (Å²) < 4.78 is 5.22. The van der Waals surface area contributed by atoms with Crippen molar-refractivity contribution >= 4 is 17.6 Å². The number of benzene rings is 1. The van der Waals surface area contributed by atoms with Crippen LogP contribution in [-0.2, 0) is 14.9 Å². The summed E-state index contributed by atoms with van der Waals surface area (Å²) in [5, 5.41) is 12.1. The van der Waals surface area contributed by atoms with Crippen LogP contribution >= 0.6 is 0 Å². The predicted molar refractivity (Wildman–Crippen MR) is 100 cm³/mol. The van der Waals surface area contributed by atoms with Crippen LogP contribution in [0.1, 0.15) is 37.7 Å². The number of amides is 1. The van der Waals surface area contributed by atoms with E-state index in [2.05, 4.69) is 11.0 Å². The van der Waals surface area contributed by atoms with Crippen LogP contribution in [0.3, 0.4) is 0 Å². The summed E-state index contributed by atoms with van der Waals surface area (Å²) in [5.74, 6) is -0.287. The Kier molecular flexibility index (Phi) is 2.45. The first-order valence-corrected chi connectivity index (χ1v) is 10.5. The Labute approximate surface area is 163 Å². The number of aliphatic hydroxyl groups is 1. The molecule has 4 aliphatic carbocycles. The second kappa shape index (κ2) is 4.31. The number of hydrogen-bond acceptors (Lipinski definition) is 5. The molecule has 8 rings (SSSR count). The van der Waals surface area contributed by atoms with Gasteiger partial charge in [0.25, 0.3) is 0 Å². The highest BCUT2D eigenvalue weighted by atomic mass is 16.5. The lowest BCUT2D eigenvalue weighted by atomic mass is 9.40. The molecule has 1 aromatic rings. The van der Waals surface area contributed by atoms with Gasteiger partial charge < -0.3 is 9.84 Å². The molecule has 1 N–H and O–H groups in total. The second-order valence-electron chi connectivity index (χ2n) is 9.87. The number of nitrogens with zero attached hydrogens (tertiary/aromatic N) is 2. The number of piperidine rings is 1. The third-order valence-corrected chi connectivity index (χ3v) is 9.48. The highest BCUT2D eigenvalue weighted by Crippen LogP contribution is 2.81. The highest BCUT2D eigenvalue weighted by molar-refractivity contribution is 6.07. The summed E-state index contributed by atoms with van der Waals surface area (Å²) in [7, 11) is 1.39. The molecule has 0 radical (unpaired) electrons. The average molecular weight is 380 g/mol. The van der Waals surface area contributed by atoms with Crippen molar-refractivity contribution in [2.45, 2.75) is 54.7 Å². The number of para-hydroxylation sites is 1. The van der Waals surface area contributed by atoms with E-state index in [0.29, 0.717) is 19.4 Å². The van der Waals surface area contributed by atoms with E-state index in [0.717, 1.165) is 37.1 Å². The predicted octanol–water partition coefficient (Wildman–Crippen LogP) is 1.84. The Hall–Kier alpha value is -1.92. The number of hydrogen-bond donors (Lipinski definition) is 1. The normalized spacial score (nSPS) is 49.4. The Morgan fingerprint density at radius 3 is 2.89 bits per heavy atom. The average Bonchev–Trinajstić information content (AvgIpc) is 3.23. The Morgan fingerprint density at radius 1 is 1.25 bits per heavy atom. The van der Waals surface area contributed by atoms with Crippen molar-refractivity contribution in [3.05, 3.63) is 29.8 Å². The molecule has 7 aliphatic rings. The molecule has 6 nitrogen and oxygen atoms in total. The number of anilines is 1. The van der Waals surface area contributed by atoms with Crippen molar-refractivity contribution in [3.8, 4) is 0 Å². The Bertz CT molecular complexity index is 979. The van der Waals surface area contributed by atoms with E-state index in [1.165, 1.54) is 7.11 Å². The zero-order valence-electron chi connectivity index (χ0n) is 16.0. The molecule has 0 unspecified atom stereocenters. The smallest absolute Gasteiger partial charge is 0.414 e. The molecule has 3 spiro atoms. The zero-order valence-corrected chi connectivity index (χ0v) is 16.0. The van der Waals surface area contributed by atoms with Gasteiger partial charge in [-0.2, -0.15) is 0 Å². The molecule has 4 saturated carbocycles. The van der Waals surface area contributed by atoms with Gasteiger partial charge in [-0.05, 0) is 55.7 Å². The molecule has 3 aliphatic heterocycles.